The van der Waals surface area contributed by atoms with Crippen molar-refractivity contribution in [1.82, 2.24) is 0 Å². The number of benzene rings is 10. The average Bonchev–Trinajstić information content (AvgIpc) is 3.88. The first kappa shape index (κ1) is 33.3. The summed E-state index contributed by atoms with van der Waals surface area (Å²) in [6.07, 6.45) is 0. The predicted molar refractivity (Wildman–Crippen MR) is 247 cm³/mol. The third kappa shape index (κ3) is 5.36. The van der Waals surface area contributed by atoms with Crippen LogP contribution in [0.25, 0.3) is 98.8 Å². The lowest BCUT2D eigenvalue weighted by atomic mass is 9.94. The molecule has 0 aliphatic rings. The highest BCUT2D eigenvalue weighted by atomic mass is 16.3. The summed E-state index contributed by atoms with van der Waals surface area (Å²) in [7, 11) is 0. The lowest BCUT2D eigenvalue weighted by Crippen LogP contribution is -2.11. The van der Waals surface area contributed by atoms with Gasteiger partial charge in [0.15, 0.2) is 5.58 Å². The van der Waals surface area contributed by atoms with Gasteiger partial charge in [-0.05, 0) is 86.4 Å². The molecule has 59 heavy (non-hydrogen) atoms. The summed E-state index contributed by atoms with van der Waals surface area (Å²) in [6.45, 7) is 0. The molecule has 2 aromatic heterocycles. The summed E-state index contributed by atoms with van der Waals surface area (Å²) in [6, 6.07) is 75.6. The predicted octanol–water partition coefficient (Wildman–Crippen LogP) is 16.3. The Labute approximate surface area is 340 Å². The molecule has 0 fully saturated rings. The van der Waals surface area contributed by atoms with Crippen molar-refractivity contribution in [1.29, 1.82) is 0 Å². The Morgan fingerprint density at radius 3 is 1.73 bits per heavy atom. The first-order valence-electron chi connectivity index (χ1n) is 20.1. The van der Waals surface area contributed by atoms with Crippen molar-refractivity contribution >= 4 is 82.5 Å². The van der Waals surface area contributed by atoms with Crippen molar-refractivity contribution in [3.8, 4) is 33.4 Å². The molecular formula is C56H35NO2. The minimum Gasteiger partial charge on any atom is -0.455 e. The number of para-hydroxylation sites is 3. The largest absolute Gasteiger partial charge is 0.455 e. The second-order valence-corrected chi connectivity index (χ2v) is 15.2. The van der Waals surface area contributed by atoms with Gasteiger partial charge in [0.05, 0.1) is 11.4 Å². The van der Waals surface area contributed by atoms with Crippen molar-refractivity contribution in [3.05, 3.63) is 212 Å². The SMILES string of the molecule is c1ccc(-c2cccc3c2oc2ccc(-c4ccc(N(c5ccc(-c6cccc7ccccc67)cc5)c5cccc6c5oc5ccccc56)c5ccccc45)cc23)cc1. The zero-order valence-corrected chi connectivity index (χ0v) is 32.0. The van der Waals surface area contributed by atoms with Crippen LogP contribution in [0, 0.1) is 0 Å². The molecule has 0 saturated heterocycles. The van der Waals surface area contributed by atoms with Crippen LogP contribution in [0.4, 0.5) is 17.1 Å². The standard InChI is InChI=1S/C56H35NO2/c1-2-13-37(14-3-1)44-22-11-23-49-50-35-39(29-34-54(50)58-55(44)49)43-32-33-51(46-19-7-6-18-45(43)46)57(52-25-12-24-48-47-20-8-9-26-53(47)59-56(48)52)40-30-27-38(28-31-40)42-21-10-16-36-15-4-5-17-41(36)42/h1-35H. The van der Waals surface area contributed by atoms with Crippen LogP contribution >= 0.6 is 0 Å². The van der Waals surface area contributed by atoms with E-state index < -0.39 is 0 Å². The van der Waals surface area contributed by atoms with E-state index in [1.54, 1.807) is 0 Å². The van der Waals surface area contributed by atoms with Gasteiger partial charge in [0.2, 0.25) is 0 Å². The highest BCUT2D eigenvalue weighted by Gasteiger charge is 2.23. The van der Waals surface area contributed by atoms with Gasteiger partial charge in [-0.15, -0.1) is 0 Å². The van der Waals surface area contributed by atoms with E-state index in [0.717, 1.165) is 94.0 Å². The summed E-state index contributed by atoms with van der Waals surface area (Å²) in [4.78, 5) is 2.36. The Bertz CT molecular complexity index is 3550. The number of fused-ring (bicyclic) bond motifs is 8. The number of hydrogen-bond acceptors (Lipinski definition) is 3. The molecule has 0 spiro atoms. The van der Waals surface area contributed by atoms with Crippen molar-refractivity contribution in [2.75, 3.05) is 4.90 Å². The van der Waals surface area contributed by atoms with E-state index in [4.69, 9.17) is 8.83 Å². The molecule has 0 bridgehead atoms. The summed E-state index contributed by atoms with van der Waals surface area (Å²) < 4.78 is 13.3. The molecule has 276 valence electrons. The van der Waals surface area contributed by atoms with Gasteiger partial charge in [-0.1, -0.05) is 170 Å². The van der Waals surface area contributed by atoms with Crippen LogP contribution in [0.5, 0.6) is 0 Å². The molecule has 10 aromatic carbocycles. The Morgan fingerprint density at radius 2 is 0.864 bits per heavy atom. The second-order valence-electron chi connectivity index (χ2n) is 15.2. The monoisotopic (exact) mass is 753 g/mol. The van der Waals surface area contributed by atoms with Gasteiger partial charge in [-0.25, -0.2) is 0 Å². The first-order chi connectivity index (χ1) is 29.3. The van der Waals surface area contributed by atoms with Crippen LogP contribution in [-0.2, 0) is 0 Å². The average molecular weight is 754 g/mol. The number of hydrogen-bond donors (Lipinski definition) is 0. The normalized spacial score (nSPS) is 11.7. The Kier molecular flexibility index (Phi) is 7.54. The lowest BCUT2D eigenvalue weighted by Gasteiger charge is -2.28. The molecule has 2 heterocycles. The number of furan rings is 2. The van der Waals surface area contributed by atoms with E-state index in [1.807, 2.05) is 12.1 Å². The molecular weight excluding hydrogens is 719 g/mol. The molecule has 0 radical (unpaired) electrons. The molecule has 0 aliphatic carbocycles. The van der Waals surface area contributed by atoms with E-state index >= 15 is 0 Å². The Balaban J connectivity index is 1.04. The topological polar surface area (TPSA) is 29.5 Å². The fraction of sp³-hybridized carbons (Fsp3) is 0. The fourth-order valence-corrected chi connectivity index (χ4v) is 9.12. The summed E-state index contributed by atoms with van der Waals surface area (Å²) in [5.41, 5.74) is 13.5. The van der Waals surface area contributed by atoms with Gasteiger partial charge in [0.1, 0.15) is 16.7 Å². The van der Waals surface area contributed by atoms with Crippen molar-refractivity contribution in [3.63, 3.8) is 0 Å². The van der Waals surface area contributed by atoms with E-state index in [9.17, 15) is 0 Å². The van der Waals surface area contributed by atoms with Gasteiger partial charge in [-0.2, -0.15) is 0 Å². The highest BCUT2D eigenvalue weighted by molar-refractivity contribution is 6.14. The van der Waals surface area contributed by atoms with Crippen molar-refractivity contribution < 1.29 is 8.83 Å². The zero-order chi connectivity index (χ0) is 38.9. The molecule has 3 heteroatoms. The fourth-order valence-electron chi connectivity index (χ4n) is 9.12. The number of rotatable bonds is 6. The van der Waals surface area contributed by atoms with Crippen molar-refractivity contribution in [2.45, 2.75) is 0 Å². The van der Waals surface area contributed by atoms with Crippen LogP contribution in [0.2, 0.25) is 0 Å². The van der Waals surface area contributed by atoms with Crippen LogP contribution in [0.1, 0.15) is 0 Å². The molecule has 0 saturated carbocycles. The minimum atomic E-state index is 0.854. The third-order valence-electron chi connectivity index (χ3n) is 11.9. The first-order valence-corrected chi connectivity index (χ1v) is 20.1. The Morgan fingerprint density at radius 1 is 0.288 bits per heavy atom. The van der Waals surface area contributed by atoms with E-state index in [0.29, 0.717) is 0 Å². The van der Waals surface area contributed by atoms with Crippen molar-refractivity contribution in [2.24, 2.45) is 0 Å². The minimum absolute atomic E-state index is 0.854. The molecule has 0 aliphatic heterocycles. The van der Waals surface area contributed by atoms with E-state index in [-0.39, 0.29) is 0 Å². The number of anilines is 3. The maximum atomic E-state index is 6.71. The highest BCUT2D eigenvalue weighted by Crippen LogP contribution is 2.47. The number of nitrogens with zero attached hydrogens (tertiary/aromatic N) is 1. The van der Waals surface area contributed by atoms with Crippen LogP contribution < -0.4 is 4.90 Å². The molecule has 0 N–H and O–H groups in total. The van der Waals surface area contributed by atoms with E-state index in [2.05, 4.69) is 205 Å². The molecule has 12 aromatic rings. The maximum absolute atomic E-state index is 6.71. The molecule has 0 amide bonds. The molecule has 0 atom stereocenters. The smallest absolute Gasteiger partial charge is 0.159 e. The Hall–Kier alpha value is -7.88. The van der Waals surface area contributed by atoms with Crippen LogP contribution in [0.3, 0.4) is 0 Å². The molecule has 3 nitrogen and oxygen atoms in total. The van der Waals surface area contributed by atoms with Gasteiger partial charge in [0, 0.05) is 38.2 Å². The third-order valence-corrected chi connectivity index (χ3v) is 11.9. The van der Waals surface area contributed by atoms with Crippen LogP contribution in [0.15, 0.2) is 221 Å². The summed E-state index contributed by atoms with van der Waals surface area (Å²) >= 11 is 0. The quantitative estimate of drug-likeness (QED) is 0.169. The second kappa shape index (κ2) is 13.4. The molecule has 0 unspecified atom stereocenters. The summed E-state index contributed by atoms with van der Waals surface area (Å²) in [5, 5.41) is 9.19. The molecule has 12 rings (SSSR count). The van der Waals surface area contributed by atoms with Gasteiger partial charge >= 0.3 is 0 Å². The van der Waals surface area contributed by atoms with E-state index in [1.165, 1.54) is 21.9 Å². The van der Waals surface area contributed by atoms with Gasteiger partial charge < -0.3 is 13.7 Å². The maximum Gasteiger partial charge on any atom is 0.159 e. The zero-order valence-electron chi connectivity index (χ0n) is 32.0. The van der Waals surface area contributed by atoms with Crippen LogP contribution in [-0.4, -0.2) is 0 Å². The van der Waals surface area contributed by atoms with Gasteiger partial charge in [-0.3, -0.25) is 0 Å². The van der Waals surface area contributed by atoms with Gasteiger partial charge in [0.25, 0.3) is 0 Å². The summed E-state index contributed by atoms with van der Waals surface area (Å²) in [5.74, 6) is 0. The lowest BCUT2D eigenvalue weighted by molar-refractivity contribution is 0.669.